The number of hydrogen-bond acceptors (Lipinski definition) is 15. The van der Waals surface area contributed by atoms with E-state index in [1.54, 1.807) is 69.6 Å². The van der Waals surface area contributed by atoms with Gasteiger partial charge in [-0.3, -0.25) is 10.1 Å². The lowest BCUT2D eigenvalue weighted by atomic mass is 10.2. The molecule has 0 saturated heterocycles. The number of anilines is 3. The normalized spacial score (nSPS) is 11.0. The number of pyridine rings is 2. The van der Waals surface area contributed by atoms with Crippen molar-refractivity contribution in [2.24, 2.45) is 0 Å². The number of benzene rings is 1. The molecule has 0 unspecified atom stereocenters. The van der Waals surface area contributed by atoms with E-state index in [-0.39, 0.29) is 0 Å². The van der Waals surface area contributed by atoms with Gasteiger partial charge in [-0.05, 0) is 36.4 Å². The van der Waals surface area contributed by atoms with Crippen LogP contribution in [-0.2, 0) is 0 Å². The Labute approximate surface area is 296 Å². The predicted molar refractivity (Wildman–Crippen MR) is 193 cm³/mol. The highest BCUT2D eigenvalue weighted by molar-refractivity contribution is 6.29. The molecular weight excluding hydrogens is 686 g/mol. The summed E-state index contributed by atoms with van der Waals surface area (Å²) in [6.45, 7) is 0. The number of aromatic amines is 1. The molecule has 20 heteroatoms. The Bertz CT molecular complexity index is 2820. The van der Waals surface area contributed by atoms with Crippen molar-refractivity contribution in [3.8, 4) is 17.1 Å². The van der Waals surface area contributed by atoms with E-state index in [1.807, 2.05) is 30.3 Å². The molecule has 0 atom stereocenters. The standard InChI is InChI=1S/C12H9N7.C10H7ClN6.C10H8N6/c13-11-9-5-17-19(12(9)15-6-14-11)8-1-2-10-7(3-8)4-16-18-10;11-8-3-6(1-2-13-8)17-10-7(4-16-17)9(12)14-5-15-10;11-9-8-5-15-16(10(8)14-6-13-9)7-1-3-12-4-2-7/h1-6H,(H,16,18)(H2,13,14,15);1-5H,(H2,12,14,15);1-6H,(H2,11,13,14). The Morgan fingerprint density at radius 2 is 1.02 bits per heavy atom. The maximum Gasteiger partial charge on any atom is 0.168 e. The molecule has 52 heavy (non-hydrogen) atoms. The summed E-state index contributed by atoms with van der Waals surface area (Å²) in [5.41, 5.74) is 22.8. The largest absolute Gasteiger partial charge is 0.383 e. The third-order valence-electron chi connectivity index (χ3n) is 7.72. The number of fused-ring (bicyclic) bond motifs is 4. The van der Waals surface area contributed by atoms with Crippen molar-refractivity contribution in [3.05, 3.63) is 110 Å². The van der Waals surface area contributed by atoms with E-state index < -0.39 is 0 Å². The average Bonchev–Trinajstić information content (AvgIpc) is 3.98. The fourth-order valence-electron chi connectivity index (χ4n) is 5.22. The van der Waals surface area contributed by atoms with Gasteiger partial charge in [0, 0.05) is 30.0 Å². The topological polar surface area (TPSA) is 263 Å². The van der Waals surface area contributed by atoms with Crippen LogP contribution < -0.4 is 17.2 Å². The minimum absolute atomic E-state index is 0.396. The van der Waals surface area contributed by atoms with Gasteiger partial charge in [0.15, 0.2) is 16.9 Å². The fourth-order valence-corrected chi connectivity index (χ4v) is 5.39. The van der Waals surface area contributed by atoms with Crippen LogP contribution in [0.3, 0.4) is 0 Å². The van der Waals surface area contributed by atoms with Crippen molar-refractivity contribution in [3.63, 3.8) is 0 Å². The van der Waals surface area contributed by atoms with Crippen LogP contribution in [0.4, 0.5) is 17.5 Å². The molecule has 0 aliphatic heterocycles. The first-order valence-electron chi connectivity index (χ1n) is 15.2. The molecule has 0 aliphatic carbocycles. The minimum Gasteiger partial charge on any atom is -0.383 e. The fraction of sp³-hybridized carbons (Fsp3) is 0. The number of rotatable bonds is 3. The third-order valence-corrected chi connectivity index (χ3v) is 7.93. The van der Waals surface area contributed by atoms with Crippen molar-refractivity contribution in [2.45, 2.75) is 0 Å². The smallest absolute Gasteiger partial charge is 0.168 e. The Morgan fingerprint density at radius 3 is 1.56 bits per heavy atom. The van der Waals surface area contributed by atoms with Gasteiger partial charge in [-0.1, -0.05) is 11.6 Å². The maximum absolute atomic E-state index is 5.83. The molecule has 0 amide bonds. The molecule has 19 nitrogen and oxygen atoms in total. The second-order valence-corrected chi connectivity index (χ2v) is 11.2. The summed E-state index contributed by atoms with van der Waals surface area (Å²) in [6, 6.07) is 13.1. The lowest BCUT2D eigenvalue weighted by molar-refractivity contribution is 0.892. The van der Waals surface area contributed by atoms with Gasteiger partial charge in [-0.2, -0.15) is 20.4 Å². The summed E-state index contributed by atoms with van der Waals surface area (Å²) < 4.78 is 5.08. The number of aromatic nitrogens is 16. The van der Waals surface area contributed by atoms with Crippen molar-refractivity contribution >= 4 is 73.1 Å². The summed E-state index contributed by atoms with van der Waals surface area (Å²) in [4.78, 5) is 32.2. The number of nitrogens with one attached hydrogen (secondary N) is 1. The average molecular weight is 710 g/mol. The molecule has 10 rings (SSSR count). The number of nitrogen functional groups attached to an aromatic ring is 3. The van der Waals surface area contributed by atoms with Crippen molar-refractivity contribution in [2.75, 3.05) is 17.2 Å². The molecule has 0 fully saturated rings. The number of halogens is 1. The number of nitrogens with two attached hydrogens (primary N) is 3. The zero-order chi connectivity index (χ0) is 35.6. The Balaban J connectivity index is 0.000000112. The molecule has 9 aromatic heterocycles. The molecule has 0 bridgehead atoms. The summed E-state index contributed by atoms with van der Waals surface area (Å²) in [7, 11) is 0. The van der Waals surface area contributed by atoms with Gasteiger partial charge in [0.25, 0.3) is 0 Å². The molecule has 0 spiro atoms. The maximum atomic E-state index is 5.83. The van der Waals surface area contributed by atoms with Crippen LogP contribution in [0.25, 0.3) is 61.1 Å². The summed E-state index contributed by atoms with van der Waals surface area (Å²) in [5.74, 6) is 1.27. The zero-order valence-corrected chi connectivity index (χ0v) is 27.4. The molecule has 0 aliphatic rings. The van der Waals surface area contributed by atoms with Gasteiger partial charge in [-0.15, -0.1) is 0 Å². The summed E-state index contributed by atoms with van der Waals surface area (Å²) in [5, 5.41) is 23.3. The predicted octanol–water partition coefficient (Wildman–Crippen LogP) is 3.51. The second-order valence-electron chi connectivity index (χ2n) is 10.8. The molecular formula is C32H24ClN19. The molecule has 10 aromatic rings. The highest BCUT2D eigenvalue weighted by Gasteiger charge is 2.12. The van der Waals surface area contributed by atoms with Crippen molar-refractivity contribution < 1.29 is 0 Å². The van der Waals surface area contributed by atoms with E-state index in [9.17, 15) is 0 Å². The molecule has 7 N–H and O–H groups in total. The SMILES string of the molecule is Nc1ncnc2c1cnn2-c1ccc2[nH]ncc2c1.Nc1ncnc2c1cnn2-c1ccnc(Cl)c1.Nc1ncnc2c1cnn2-c1ccncc1. The van der Waals surface area contributed by atoms with Gasteiger partial charge in [-0.25, -0.2) is 48.9 Å². The third kappa shape index (κ3) is 5.94. The number of nitrogens with zero attached hydrogens (tertiary/aromatic N) is 15. The first-order chi connectivity index (χ1) is 25.4. The molecule has 9 heterocycles. The van der Waals surface area contributed by atoms with E-state index in [0.29, 0.717) is 44.9 Å². The monoisotopic (exact) mass is 709 g/mol. The summed E-state index contributed by atoms with van der Waals surface area (Å²) >= 11 is 5.83. The van der Waals surface area contributed by atoms with Crippen LogP contribution in [0.5, 0.6) is 0 Å². The Hall–Kier alpha value is -7.67. The van der Waals surface area contributed by atoms with Crippen molar-refractivity contribution in [1.82, 2.24) is 79.4 Å². The van der Waals surface area contributed by atoms with E-state index in [4.69, 9.17) is 28.8 Å². The number of H-pyrrole nitrogens is 1. The summed E-state index contributed by atoms with van der Waals surface area (Å²) in [6.07, 6.45) is 16.0. The highest BCUT2D eigenvalue weighted by Crippen LogP contribution is 2.23. The van der Waals surface area contributed by atoms with Crippen LogP contribution in [-0.4, -0.2) is 79.4 Å². The van der Waals surface area contributed by atoms with Crippen LogP contribution in [0.1, 0.15) is 0 Å². The first-order valence-corrected chi connectivity index (χ1v) is 15.6. The van der Waals surface area contributed by atoms with Gasteiger partial charge in [0.05, 0.1) is 63.5 Å². The van der Waals surface area contributed by atoms with Crippen molar-refractivity contribution in [1.29, 1.82) is 0 Å². The van der Waals surface area contributed by atoms with Crippen LogP contribution >= 0.6 is 11.6 Å². The van der Waals surface area contributed by atoms with Crippen LogP contribution in [0, 0.1) is 0 Å². The lowest BCUT2D eigenvalue weighted by Crippen LogP contribution is -1.99. The van der Waals surface area contributed by atoms with E-state index in [2.05, 4.69) is 65.4 Å². The van der Waals surface area contributed by atoms with Crippen LogP contribution in [0.2, 0.25) is 5.15 Å². The molecule has 0 radical (unpaired) electrons. The van der Waals surface area contributed by atoms with E-state index >= 15 is 0 Å². The van der Waals surface area contributed by atoms with Gasteiger partial charge >= 0.3 is 0 Å². The van der Waals surface area contributed by atoms with E-state index in [1.165, 1.54) is 19.0 Å². The second kappa shape index (κ2) is 13.3. The first kappa shape index (κ1) is 31.6. The van der Waals surface area contributed by atoms with Crippen LogP contribution in [0.15, 0.2) is 105 Å². The van der Waals surface area contributed by atoms with E-state index in [0.717, 1.165) is 38.7 Å². The van der Waals surface area contributed by atoms with Gasteiger partial charge < -0.3 is 17.2 Å². The zero-order valence-electron chi connectivity index (χ0n) is 26.6. The Morgan fingerprint density at radius 1 is 0.519 bits per heavy atom. The Kier molecular flexibility index (Phi) is 8.10. The van der Waals surface area contributed by atoms with Gasteiger partial charge in [0.1, 0.15) is 41.6 Å². The quantitative estimate of drug-likeness (QED) is 0.191. The highest BCUT2D eigenvalue weighted by atomic mass is 35.5. The molecule has 1 aromatic carbocycles. The minimum atomic E-state index is 0.396. The number of hydrogen-bond donors (Lipinski definition) is 4. The molecule has 0 saturated carbocycles. The molecule has 254 valence electrons. The lowest BCUT2D eigenvalue weighted by Gasteiger charge is -2.02. The van der Waals surface area contributed by atoms with Gasteiger partial charge in [0.2, 0.25) is 0 Å².